The molecule has 0 bridgehead atoms. The highest BCUT2D eigenvalue weighted by atomic mass is 16.1. The summed E-state index contributed by atoms with van der Waals surface area (Å²) >= 11 is 0. The van der Waals surface area contributed by atoms with Crippen molar-refractivity contribution < 1.29 is 4.79 Å². The minimum absolute atomic E-state index is 0.0371. The maximum absolute atomic E-state index is 11.9. The van der Waals surface area contributed by atoms with Crippen LogP contribution >= 0.6 is 0 Å². The molecule has 2 aromatic carbocycles. The van der Waals surface area contributed by atoms with E-state index in [1.807, 2.05) is 151 Å². The van der Waals surface area contributed by atoms with Gasteiger partial charge in [0.25, 0.3) is 0 Å². The molecule has 216 valence electrons. The summed E-state index contributed by atoms with van der Waals surface area (Å²) < 4.78 is 3.64. The molecule has 5 nitrogen and oxygen atoms in total. The molecule has 0 unspecified atom stereocenters. The van der Waals surface area contributed by atoms with Gasteiger partial charge < -0.3 is 0 Å². The smallest absolute Gasteiger partial charge is 0.164 e. The fourth-order valence-corrected chi connectivity index (χ4v) is 3.83. The lowest BCUT2D eigenvalue weighted by atomic mass is 10.0. The average Bonchev–Trinajstić information content (AvgIpc) is 3.69. The van der Waals surface area contributed by atoms with E-state index in [1.54, 1.807) is 11.4 Å². The summed E-state index contributed by atoms with van der Waals surface area (Å²) in [6.45, 7) is 17.6. The second kappa shape index (κ2) is 19.5. The first-order valence-electron chi connectivity index (χ1n) is 14.7. The fourth-order valence-electron chi connectivity index (χ4n) is 3.83. The van der Waals surface area contributed by atoms with Gasteiger partial charge in [0, 0.05) is 23.5 Å². The van der Waals surface area contributed by atoms with Crippen molar-refractivity contribution in [1.29, 1.82) is 0 Å². The Balaban J connectivity index is 0.000000333. The second-order valence-electron chi connectivity index (χ2n) is 7.64. The molecular formula is C36H46N4O. The summed E-state index contributed by atoms with van der Waals surface area (Å²) in [6.07, 6.45) is 3.82. The maximum atomic E-state index is 11.9. The first-order valence-corrected chi connectivity index (χ1v) is 14.7. The Labute approximate surface area is 246 Å². The molecule has 0 aliphatic rings. The van der Waals surface area contributed by atoms with Gasteiger partial charge in [0.05, 0.1) is 22.3 Å². The Morgan fingerprint density at radius 1 is 0.561 bits per heavy atom. The van der Waals surface area contributed by atoms with E-state index in [0.29, 0.717) is 5.56 Å². The number of hydrogen-bond acceptors (Lipinski definition) is 3. The molecule has 0 fully saturated rings. The molecule has 0 spiro atoms. The third kappa shape index (κ3) is 9.28. The van der Waals surface area contributed by atoms with Gasteiger partial charge >= 0.3 is 0 Å². The van der Waals surface area contributed by atoms with Gasteiger partial charge in [0.2, 0.25) is 0 Å². The molecule has 6 rings (SSSR count). The van der Waals surface area contributed by atoms with Crippen LogP contribution in [0.1, 0.15) is 72.7 Å². The molecule has 0 saturated heterocycles. The van der Waals surface area contributed by atoms with E-state index in [9.17, 15) is 4.79 Å². The van der Waals surface area contributed by atoms with Gasteiger partial charge in [0.1, 0.15) is 5.69 Å². The molecule has 4 heterocycles. The van der Waals surface area contributed by atoms with Gasteiger partial charge in [-0.2, -0.15) is 10.2 Å². The van der Waals surface area contributed by atoms with Crippen molar-refractivity contribution in [1.82, 2.24) is 19.2 Å². The first kappa shape index (κ1) is 34.5. The lowest BCUT2D eigenvalue weighted by Gasteiger charge is -1.98. The van der Waals surface area contributed by atoms with E-state index in [2.05, 4.69) is 34.5 Å². The number of fused-ring (bicyclic) bond motifs is 2. The van der Waals surface area contributed by atoms with Crippen LogP contribution in [0.25, 0.3) is 33.5 Å². The molecule has 5 heteroatoms. The van der Waals surface area contributed by atoms with Crippen molar-refractivity contribution in [3.63, 3.8) is 0 Å². The van der Waals surface area contributed by atoms with Crippen LogP contribution < -0.4 is 0 Å². The van der Waals surface area contributed by atoms with Crippen LogP contribution in [0.3, 0.4) is 0 Å². The van der Waals surface area contributed by atoms with Gasteiger partial charge in [-0.15, -0.1) is 0 Å². The summed E-state index contributed by atoms with van der Waals surface area (Å²) in [5, 5.41) is 9.00. The zero-order valence-corrected chi connectivity index (χ0v) is 26.2. The van der Waals surface area contributed by atoms with E-state index < -0.39 is 0 Å². The van der Waals surface area contributed by atoms with Crippen molar-refractivity contribution in [3.8, 4) is 22.5 Å². The average molecular weight is 551 g/mol. The van der Waals surface area contributed by atoms with E-state index in [1.165, 1.54) is 0 Å². The van der Waals surface area contributed by atoms with E-state index in [-0.39, 0.29) is 5.78 Å². The number of ketones is 1. The van der Waals surface area contributed by atoms with Crippen LogP contribution in [0.2, 0.25) is 0 Å². The number of carbonyl (C=O) groups excluding carboxylic acids is 1. The Hall–Kier alpha value is -4.51. The van der Waals surface area contributed by atoms with Crippen LogP contribution in [-0.2, 0) is 0 Å². The van der Waals surface area contributed by atoms with Crippen LogP contribution in [0.15, 0.2) is 116 Å². The Morgan fingerprint density at radius 3 is 1.59 bits per heavy atom. The normalized spacial score (nSPS) is 9.20. The summed E-state index contributed by atoms with van der Waals surface area (Å²) in [6, 6.07) is 33.9. The van der Waals surface area contributed by atoms with E-state index >= 15 is 0 Å². The monoisotopic (exact) mass is 550 g/mol. The molecule has 41 heavy (non-hydrogen) atoms. The van der Waals surface area contributed by atoms with Crippen LogP contribution in [0.4, 0.5) is 0 Å². The Bertz CT molecular complexity index is 1500. The molecule has 0 atom stereocenters. The first-order chi connectivity index (χ1) is 20.2. The van der Waals surface area contributed by atoms with Crippen molar-refractivity contribution >= 4 is 16.8 Å². The number of carbonyl (C=O) groups is 1. The number of rotatable bonds is 3. The topological polar surface area (TPSA) is 51.7 Å². The lowest BCUT2D eigenvalue weighted by Crippen LogP contribution is -1.93. The van der Waals surface area contributed by atoms with Gasteiger partial charge in [-0.05, 0) is 37.3 Å². The Morgan fingerprint density at radius 2 is 1.05 bits per heavy atom. The van der Waals surface area contributed by atoms with Crippen molar-refractivity contribution in [2.75, 3.05) is 0 Å². The number of pyridine rings is 2. The van der Waals surface area contributed by atoms with Crippen LogP contribution in [0, 0.1) is 0 Å². The highest BCUT2D eigenvalue weighted by Gasteiger charge is 2.17. The Kier molecular flexibility index (Phi) is 16.4. The third-order valence-corrected chi connectivity index (χ3v) is 5.38. The summed E-state index contributed by atoms with van der Waals surface area (Å²) in [5.41, 5.74) is 6.53. The lowest BCUT2D eigenvalue weighted by molar-refractivity contribution is 0.102. The molecule has 4 aromatic heterocycles. The summed E-state index contributed by atoms with van der Waals surface area (Å²) in [4.78, 5) is 11.9. The number of hydrogen-bond donors (Lipinski definition) is 0. The minimum atomic E-state index is 0.0371. The van der Waals surface area contributed by atoms with E-state index in [4.69, 9.17) is 0 Å². The van der Waals surface area contributed by atoms with Crippen LogP contribution in [-0.4, -0.2) is 25.0 Å². The van der Waals surface area contributed by atoms with E-state index in [0.717, 1.165) is 33.5 Å². The molecule has 0 radical (unpaired) electrons. The third-order valence-electron chi connectivity index (χ3n) is 5.38. The zero-order chi connectivity index (χ0) is 30.6. The maximum Gasteiger partial charge on any atom is 0.164 e. The minimum Gasteiger partial charge on any atom is -0.294 e. The number of aromatic nitrogens is 4. The van der Waals surface area contributed by atoms with Crippen molar-refractivity contribution in [2.24, 2.45) is 0 Å². The van der Waals surface area contributed by atoms with Crippen molar-refractivity contribution in [2.45, 2.75) is 62.3 Å². The summed E-state index contributed by atoms with van der Waals surface area (Å²) in [5.74, 6) is 0.0371. The highest BCUT2D eigenvalue weighted by molar-refractivity contribution is 6.06. The zero-order valence-electron chi connectivity index (χ0n) is 26.2. The quantitative estimate of drug-likeness (QED) is 0.206. The van der Waals surface area contributed by atoms with Gasteiger partial charge in [-0.3, -0.25) is 4.79 Å². The SMILES string of the molecule is CC.CC.CC.CC.CC(=O)c1c(-c2ccccc2)nn2ccccc12.c1ccc(-c2cc3ccccn3n2)cc1. The molecule has 6 aromatic rings. The molecule has 0 amide bonds. The molecule has 0 aliphatic carbocycles. The predicted octanol–water partition coefficient (Wildman–Crippen LogP) is 10.3. The molecular weight excluding hydrogens is 504 g/mol. The van der Waals surface area contributed by atoms with Gasteiger partial charge in [0.15, 0.2) is 5.78 Å². The summed E-state index contributed by atoms with van der Waals surface area (Å²) in [7, 11) is 0. The molecule has 0 N–H and O–H groups in total. The highest BCUT2D eigenvalue weighted by Crippen LogP contribution is 2.26. The van der Waals surface area contributed by atoms with Crippen LogP contribution in [0.5, 0.6) is 0 Å². The second-order valence-corrected chi connectivity index (χ2v) is 7.64. The fraction of sp³-hybridized carbons (Fsp3) is 0.250. The number of Topliss-reactive ketones (excluding diaryl/α,β-unsaturated/α-hetero) is 1. The standard InChI is InChI=1S/C15H12N2O.C13H10N2.4C2H6/c1-11(18)14-13-9-5-6-10-17(13)16-15(14)12-7-3-2-4-8-12;1-2-6-11(7-3-1)13-10-12-8-4-5-9-15(12)14-13;4*1-2/h2-10H,1H3;1-10H;4*1-2H3. The predicted molar refractivity (Wildman–Crippen MR) is 177 cm³/mol. The number of benzene rings is 2. The van der Waals surface area contributed by atoms with Crippen molar-refractivity contribution in [3.05, 3.63) is 121 Å². The largest absolute Gasteiger partial charge is 0.294 e. The van der Waals surface area contributed by atoms with Gasteiger partial charge in [-0.1, -0.05) is 128 Å². The number of nitrogens with zero attached hydrogens (tertiary/aromatic N) is 4. The molecule has 0 aliphatic heterocycles. The van der Waals surface area contributed by atoms with Gasteiger partial charge in [-0.25, -0.2) is 9.03 Å². The molecule has 0 saturated carbocycles.